The standard InChI is InChI=1S/C19H17N3O2/c1-14(23)22-18-9-7-15(8-10-18)11-17(12-20)19(24)21-13-16-5-3-2-4-6-16/h2-11H,13H2,1H3,(H,21,24)(H,22,23). The van der Waals surface area contributed by atoms with Crippen molar-refractivity contribution in [3.8, 4) is 6.07 Å². The summed E-state index contributed by atoms with van der Waals surface area (Å²) in [6.45, 7) is 1.79. The highest BCUT2D eigenvalue weighted by Gasteiger charge is 2.08. The van der Waals surface area contributed by atoms with Gasteiger partial charge in [0, 0.05) is 19.2 Å². The van der Waals surface area contributed by atoms with Crippen molar-refractivity contribution >= 4 is 23.6 Å². The van der Waals surface area contributed by atoms with Crippen molar-refractivity contribution in [1.29, 1.82) is 5.26 Å². The monoisotopic (exact) mass is 319 g/mol. The molecule has 2 amide bonds. The van der Waals surface area contributed by atoms with Crippen LogP contribution in [-0.4, -0.2) is 11.8 Å². The molecule has 2 aromatic rings. The molecular formula is C19H17N3O2. The maximum Gasteiger partial charge on any atom is 0.262 e. The number of carbonyl (C=O) groups excluding carboxylic acids is 2. The first-order chi connectivity index (χ1) is 11.6. The van der Waals surface area contributed by atoms with Gasteiger partial charge in [0.05, 0.1) is 0 Å². The van der Waals surface area contributed by atoms with Crippen LogP contribution in [0.3, 0.4) is 0 Å². The summed E-state index contributed by atoms with van der Waals surface area (Å²) < 4.78 is 0. The average Bonchev–Trinajstić information content (AvgIpc) is 2.59. The molecule has 2 N–H and O–H groups in total. The van der Waals surface area contributed by atoms with E-state index in [9.17, 15) is 14.9 Å². The molecule has 0 atom stereocenters. The molecular weight excluding hydrogens is 302 g/mol. The number of hydrogen-bond acceptors (Lipinski definition) is 3. The summed E-state index contributed by atoms with van der Waals surface area (Å²) in [7, 11) is 0. The number of carbonyl (C=O) groups is 2. The van der Waals surface area contributed by atoms with Crippen molar-refractivity contribution < 1.29 is 9.59 Å². The fraction of sp³-hybridized carbons (Fsp3) is 0.105. The lowest BCUT2D eigenvalue weighted by Crippen LogP contribution is -2.23. The highest BCUT2D eigenvalue weighted by Crippen LogP contribution is 2.12. The number of nitrogens with zero attached hydrogens (tertiary/aromatic N) is 1. The molecule has 0 radical (unpaired) electrons. The van der Waals surface area contributed by atoms with E-state index in [2.05, 4.69) is 10.6 Å². The van der Waals surface area contributed by atoms with Crippen LogP contribution < -0.4 is 10.6 Å². The zero-order chi connectivity index (χ0) is 17.4. The zero-order valence-corrected chi connectivity index (χ0v) is 13.2. The van der Waals surface area contributed by atoms with Crippen LogP contribution in [0.2, 0.25) is 0 Å². The molecule has 120 valence electrons. The van der Waals surface area contributed by atoms with Crippen LogP contribution in [0.15, 0.2) is 60.2 Å². The van der Waals surface area contributed by atoms with Gasteiger partial charge in [0.25, 0.3) is 5.91 Å². The van der Waals surface area contributed by atoms with Crippen molar-refractivity contribution in [1.82, 2.24) is 5.32 Å². The minimum absolute atomic E-state index is 0.0261. The Morgan fingerprint density at radius 2 is 1.75 bits per heavy atom. The molecule has 5 heteroatoms. The minimum atomic E-state index is -0.424. The minimum Gasteiger partial charge on any atom is -0.347 e. The summed E-state index contributed by atoms with van der Waals surface area (Å²) in [5.74, 6) is -0.580. The molecule has 0 saturated carbocycles. The highest BCUT2D eigenvalue weighted by molar-refractivity contribution is 6.01. The van der Waals surface area contributed by atoms with E-state index < -0.39 is 5.91 Å². The first-order valence-electron chi connectivity index (χ1n) is 7.40. The largest absolute Gasteiger partial charge is 0.347 e. The van der Waals surface area contributed by atoms with Gasteiger partial charge in [-0.25, -0.2) is 0 Å². The van der Waals surface area contributed by atoms with Crippen molar-refractivity contribution in [2.75, 3.05) is 5.32 Å². The molecule has 0 unspecified atom stereocenters. The van der Waals surface area contributed by atoms with Crippen molar-refractivity contribution in [3.63, 3.8) is 0 Å². The molecule has 0 spiro atoms. The van der Waals surface area contributed by atoms with E-state index in [-0.39, 0.29) is 11.5 Å². The highest BCUT2D eigenvalue weighted by atomic mass is 16.2. The molecule has 0 bridgehead atoms. The van der Waals surface area contributed by atoms with E-state index in [1.54, 1.807) is 24.3 Å². The lowest BCUT2D eigenvalue weighted by molar-refractivity contribution is -0.117. The Hall–Kier alpha value is -3.39. The van der Waals surface area contributed by atoms with Crippen LogP contribution in [0.1, 0.15) is 18.1 Å². The summed E-state index contributed by atoms with van der Waals surface area (Å²) in [5, 5.41) is 14.6. The number of rotatable bonds is 5. The first kappa shape index (κ1) is 17.0. The van der Waals surface area contributed by atoms with Crippen molar-refractivity contribution in [3.05, 3.63) is 71.3 Å². The van der Waals surface area contributed by atoms with Gasteiger partial charge in [-0.05, 0) is 29.3 Å². The number of nitrogens with one attached hydrogen (secondary N) is 2. The molecule has 2 rings (SSSR count). The molecule has 0 saturated heterocycles. The van der Waals surface area contributed by atoms with Gasteiger partial charge in [-0.2, -0.15) is 5.26 Å². The summed E-state index contributed by atoms with van der Waals surface area (Å²) in [6, 6.07) is 18.3. The SMILES string of the molecule is CC(=O)Nc1ccc(C=C(C#N)C(=O)NCc2ccccc2)cc1. The molecule has 0 fully saturated rings. The second-order valence-corrected chi connectivity index (χ2v) is 5.14. The average molecular weight is 319 g/mol. The molecule has 24 heavy (non-hydrogen) atoms. The Kier molecular flexibility index (Phi) is 5.87. The number of benzene rings is 2. The van der Waals surface area contributed by atoms with Crippen LogP contribution in [0.4, 0.5) is 5.69 Å². The van der Waals surface area contributed by atoms with E-state index in [4.69, 9.17) is 0 Å². The Labute approximate surface area is 140 Å². The van der Waals surface area contributed by atoms with Crippen molar-refractivity contribution in [2.45, 2.75) is 13.5 Å². The molecule has 0 aliphatic carbocycles. The number of amides is 2. The molecule has 0 aliphatic rings. The quantitative estimate of drug-likeness (QED) is 0.657. The number of hydrogen-bond donors (Lipinski definition) is 2. The fourth-order valence-electron chi connectivity index (χ4n) is 2.05. The summed E-state index contributed by atoms with van der Waals surface area (Å²) in [4.78, 5) is 23.1. The van der Waals surface area contributed by atoms with Crippen LogP contribution in [0.25, 0.3) is 6.08 Å². The maximum absolute atomic E-state index is 12.1. The predicted octanol–water partition coefficient (Wildman–Crippen LogP) is 2.87. The summed E-state index contributed by atoms with van der Waals surface area (Å²) in [5.41, 5.74) is 2.35. The van der Waals surface area contributed by atoms with Gasteiger partial charge in [0.1, 0.15) is 11.6 Å². The van der Waals surface area contributed by atoms with E-state index in [1.807, 2.05) is 36.4 Å². The summed E-state index contributed by atoms with van der Waals surface area (Å²) in [6.07, 6.45) is 1.51. The van der Waals surface area contributed by atoms with Crippen molar-refractivity contribution in [2.24, 2.45) is 0 Å². The topological polar surface area (TPSA) is 82.0 Å². The maximum atomic E-state index is 12.1. The number of anilines is 1. The van der Waals surface area contributed by atoms with Crippen LogP contribution >= 0.6 is 0 Å². The second-order valence-electron chi connectivity index (χ2n) is 5.14. The third-order valence-electron chi connectivity index (χ3n) is 3.20. The fourth-order valence-corrected chi connectivity index (χ4v) is 2.05. The zero-order valence-electron chi connectivity index (χ0n) is 13.2. The summed E-state index contributed by atoms with van der Waals surface area (Å²) >= 11 is 0. The van der Waals surface area contributed by atoms with Crippen LogP contribution in [0.5, 0.6) is 0 Å². The Morgan fingerprint density at radius 3 is 2.33 bits per heavy atom. The Morgan fingerprint density at radius 1 is 1.08 bits per heavy atom. The normalized spacial score (nSPS) is 10.6. The van der Waals surface area contributed by atoms with Gasteiger partial charge in [0.15, 0.2) is 0 Å². The van der Waals surface area contributed by atoms with Gasteiger partial charge < -0.3 is 10.6 Å². The van der Waals surface area contributed by atoms with E-state index in [0.29, 0.717) is 17.8 Å². The third kappa shape index (κ3) is 5.11. The van der Waals surface area contributed by atoms with Crippen LogP contribution in [0, 0.1) is 11.3 Å². The molecule has 2 aromatic carbocycles. The first-order valence-corrected chi connectivity index (χ1v) is 7.40. The Balaban J connectivity index is 2.04. The van der Waals surface area contributed by atoms with Gasteiger partial charge in [-0.3, -0.25) is 9.59 Å². The molecule has 5 nitrogen and oxygen atoms in total. The lowest BCUT2D eigenvalue weighted by Gasteiger charge is -2.05. The van der Waals surface area contributed by atoms with Gasteiger partial charge in [-0.15, -0.1) is 0 Å². The van der Waals surface area contributed by atoms with Gasteiger partial charge >= 0.3 is 0 Å². The van der Waals surface area contributed by atoms with Gasteiger partial charge in [-0.1, -0.05) is 42.5 Å². The Bertz CT molecular complexity index is 788. The van der Waals surface area contributed by atoms with E-state index >= 15 is 0 Å². The van der Waals surface area contributed by atoms with E-state index in [0.717, 1.165) is 5.56 Å². The third-order valence-corrected chi connectivity index (χ3v) is 3.20. The van der Waals surface area contributed by atoms with E-state index in [1.165, 1.54) is 13.0 Å². The predicted molar refractivity (Wildman–Crippen MR) is 92.6 cm³/mol. The molecule has 0 heterocycles. The van der Waals surface area contributed by atoms with Crippen LogP contribution in [-0.2, 0) is 16.1 Å². The number of nitriles is 1. The molecule has 0 aliphatic heterocycles. The van der Waals surface area contributed by atoms with Gasteiger partial charge in [0.2, 0.25) is 5.91 Å². The lowest BCUT2D eigenvalue weighted by atomic mass is 10.1. The smallest absolute Gasteiger partial charge is 0.262 e. The second kappa shape index (κ2) is 8.30. The molecule has 0 aromatic heterocycles.